The van der Waals surface area contributed by atoms with Gasteiger partial charge in [0.25, 0.3) is 0 Å². The Balaban J connectivity index is 1.83. The fraction of sp³-hybridized carbons (Fsp3) is 0.571. The number of piperidine rings is 3. The minimum absolute atomic E-state index is 0.173. The molecule has 20 heavy (non-hydrogen) atoms. The maximum absolute atomic E-state index is 11.5. The number of aryl methyl sites for hydroxylation is 1. The quantitative estimate of drug-likeness (QED) is 0.877. The Labute approximate surface area is 120 Å². The van der Waals surface area contributed by atoms with E-state index in [9.17, 15) is 8.42 Å². The maximum atomic E-state index is 11.5. The summed E-state index contributed by atoms with van der Waals surface area (Å²) in [6, 6.07) is 5.44. The van der Waals surface area contributed by atoms with Crippen molar-refractivity contribution in [2.24, 2.45) is 11.1 Å². The largest absolute Gasteiger partial charge is 0.380 e. The molecule has 3 aliphatic rings. The molecule has 3 heterocycles. The number of anilines is 1. The van der Waals surface area contributed by atoms with Crippen molar-refractivity contribution in [3.63, 3.8) is 0 Å². The zero-order valence-electron chi connectivity index (χ0n) is 11.7. The summed E-state index contributed by atoms with van der Waals surface area (Å²) >= 11 is 0. The van der Waals surface area contributed by atoms with E-state index in [1.807, 2.05) is 13.0 Å². The smallest absolute Gasteiger partial charge is 0.238 e. The van der Waals surface area contributed by atoms with Gasteiger partial charge in [-0.1, -0.05) is 6.07 Å². The van der Waals surface area contributed by atoms with E-state index in [0.29, 0.717) is 12.0 Å². The van der Waals surface area contributed by atoms with E-state index in [4.69, 9.17) is 5.14 Å². The molecule has 0 radical (unpaired) electrons. The van der Waals surface area contributed by atoms with Crippen LogP contribution in [-0.4, -0.2) is 39.0 Å². The first kappa shape index (κ1) is 13.9. The second-order valence-corrected chi connectivity index (χ2v) is 7.47. The van der Waals surface area contributed by atoms with E-state index in [1.54, 1.807) is 12.1 Å². The van der Waals surface area contributed by atoms with Gasteiger partial charge in [0.05, 0.1) is 4.90 Å². The summed E-state index contributed by atoms with van der Waals surface area (Å²) in [7, 11) is -3.64. The number of fused-ring (bicyclic) bond motifs is 3. The molecule has 0 spiro atoms. The summed E-state index contributed by atoms with van der Waals surface area (Å²) in [6.07, 6.45) is 2.46. The molecule has 3 fully saturated rings. The van der Waals surface area contributed by atoms with Crippen molar-refractivity contribution in [1.82, 2.24) is 4.90 Å². The second kappa shape index (κ2) is 5.02. The molecule has 6 heteroatoms. The Kier molecular flexibility index (Phi) is 3.48. The van der Waals surface area contributed by atoms with Gasteiger partial charge in [0.2, 0.25) is 10.0 Å². The molecule has 110 valence electrons. The number of sulfonamides is 1. The number of primary sulfonamides is 1. The molecule has 3 saturated heterocycles. The molecule has 5 nitrogen and oxygen atoms in total. The van der Waals surface area contributed by atoms with Crippen molar-refractivity contribution in [2.45, 2.75) is 30.7 Å². The number of rotatable bonds is 3. The van der Waals surface area contributed by atoms with Crippen molar-refractivity contribution in [3.8, 4) is 0 Å². The first-order valence-corrected chi connectivity index (χ1v) is 8.60. The molecule has 0 aliphatic carbocycles. The van der Waals surface area contributed by atoms with Crippen LogP contribution in [0.1, 0.15) is 18.4 Å². The summed E-state index contributed by atoms with van der Waals surface area (Å²) < 4.78 is 22.9. The lowest BCUT2D eigenvalue weighted by Crippen LogP contribution is -2.53. The monoisotopic (exact) mass is 295 g/mol. The third kappa shape index (κ3) is 2.68. The average molecular weight is 295 g/mol. The van der Waals surface area contributed by atoms with Crippen LogP contribution < -0.4 is 10.5 Å². The van der Waals surface area contributed by atoms with Gasteiger partial charge < -0.3 is 10.2 Å². The van der Waals surface area contributed by atoms with Crippen molar-refractivity contribution >= 4 is 15.7 Å². The van der Waals surface area contributed by atoms with Gasteiger partial charge in [-0.15, -0.1) is 0 Å². The summed E-state index contributed by atoms with van der Waals surface area (Å²) in [5, 5.41) is 8.74. The highest BCUT2D eigenvalue weighted by Gasteiger charge is 2.34. The Bertz CT molecular complexity index is 607. The maximum Gasteiger partial charge on any atom is 0.238 e. The van der Waals surface area contributed by atoms with E-state index >= 15 is 0 Å². The van der Waals surface area contributed by atoms with Crippen LogP contribution in [0.3, 0.4) is 0 Å². The summed E-state index contributed by atoms with van der Waals surface area (Å²) in [6.45, 7) is 5.42. The van der Waals surface area contributed by atoms with Crippen molar-refractivity contribution in [1.29, 1.82) is 0 Å². The molecule has 1 aromatic rings. The number of nitrogens with two attached hydrogens (primary N) is 1. The topological polar surface area (TPSA) is 75.4 Å². The van der Waals surface area contributed by atoms with E-state index < -0.39 is 10.0 Å². The van der Waals surface area contributed by atoms with E-state index in [0.717, 1.165) is 17.8 Å². The molecule has 2 bridgehead atoms. The van der Waals surface area contributed by atoms with E-state index in [1.165, 1.54) is 25.9 Å². The number of hydrogen-bond acceptors (Lipinski definition) is 4. The van der Waals surface area contributed by atoms with Gasteiger partial charge in [-0.25, -0.2) is 13.6 Å². The van der Waals surface area contributed by atoms with Gasteiger partial charge in [0.15, 0.2) is 0 Å². The molecule has 0 aromatic heterocycles. The van der Waals surface area contributed by atoms with E-state index in [2.05, 4.69) is 10.2 Å². The molecular formula is C14H21N3O2S. The van der Waals surface area contributed by atoms with Crippen molar-refractivity contribution < 1.29 is 8.42 Å². The molecular weight excluding hydrogens is 274 g/mol. The normalized spacial score (nSPS) is 29.4. The van der Waals surface area contributed by atoms with Crippen LogP contribution in [0, 0.1) is 12.8 Å². The molecule has 1 unspecified atom stereocenters. The van der Waals surface area contributed by atoms with Crippen LogP contribution in [0.15, 0.2) is 23.1 Å². The summed E-state index contributed by atoms with van der Waals surface area (Å²) in [5.41, 5.74) is 1.93. The Hall–Kier alpha value is -1.11. The highest BCUT2D eigenvalue weighted by Crippen LogP contribution is 2.31. The number of nitrogens with one attached hydrogen (secondary N) is 1. The minimum Gasteiger partial charge on any atom is -0.380 e. The predicted octanol–water partition coefficient (Wildman–Crippen LogP) is 1.15. The summed E-state index contributed by atoms with van der Waals surface area (Å²) in [4.78, 5) is 2.64. The van der Waals surface area contributed by atoms with Crippen LogP contribution in [0.2, 0.25) is 0 Å². The highest BCUT2D eigenvalue weighted by atomic mass is 32.2. The summed E-state index contributed by atoms with van der Waals surface area (Å²) in [5.74, 6) is 0.692. The van der Waals surface area contributed by atoms with Crippen LogP contribution >= 0.6 is 0 Å². The minimum atomic E-state index is -3.64. The van der Waals surface area contributed by atoms with Gasteiger partial charge in [-0.05, 0) is 56.5 Å². The van der Waals surface area contributed by atoms with Gasteiger partial charge in [-0.2, -0.15) is 0 Å². The number of nitrogens with zero attached hydrogens (tertiary/aromatic N) is 1. The zero-order valence-corrected chi connectivity index (χ0v) is 12.5. The fourth-order valence-electron chi connectivity index (χ4n) is 3.26. The first-order chi connectivity index (χ1) is 9.43. The Morgan fingerprint density at radius 1 is 1.30 bits per heavy atom. The SMILES string of the molecule is Cc1ccc(S(N)(=O)=O)cc1NC1CN2CCC1CC2. The molecule has 0 amide bonds. The Morgan fingerprint density at radius 2 is 2.00 bits per heavy atom. The van der Waals surface area contributed by atoms with Crippen LogP contribution in [-0.2, 0) is 10.0 Å². The van der Waals surface area contributed by atoms with Gasteiger partial charge in [0.1, 0.15) is 0 Å². The lowest BCUT2D eigenvalue weighted by Gasteiger charge is -2.45. The standard InChI is InChI=1S/C14H21N3O2S/c1-10-2-3-12(20(15,18)19)8-13(10)16-14-9-17-6-4-11(14)5-7-17/h2-3,8,11,14,16H,4-7,9H2,1H3,(H2,15,18,19). The third-order valence-corrected chi connectivity index (χ3v) is 5.45. The molecule has 0 saturated carbocycles. The third-order valence-electron chi connectivity index (χ3n) is 4.53. The lowest BCUT2D eigenvalue weighted by molar-refractivity contribution is 0.0975. The van der Waals surface area contributed by atoms with E-state index in [-0.39, 0.29) is 4.90 Å². The molecule has 1 aromatic carbocycles. The van der Waals surface area contributed by atoms with Crippen molar-refractivity contribution in [2.75, 3.05) is 25.0 Å². The molecule has 1 atom stereocenters. The predicted molar refractivity (Wildman–Crippen MR) is 79.1 cm³/mol. The van der Waals surface area contributed by atoms with Gasteiger partial charge >= 0.3 is 0 Å². The molecule has 4 rings (SSSR count). The Morgan fingerprint density at radius 3 is 2.55 bits per heavy atom. The number of benzene rings is 1. The van der Waals surface area contributed by atoms with Crippen LogP contribution in [0.5, 0.6) is 0 Å². The second-order valence-electron chi connectivity index (χ2n) is 5.91. The van der Waals surface area contributed by atoms with Gasteiger partial charge in [0, 0.05) is 18.3 Å². The molecule has 3 N–H and O–H groups in total. The van der Waals surface area contributed by atoms with Crippen LogP contribution in [0.25, 0.3) is 0 Å². The average Bonchev–Trinajstić information content (AvgIpc) is 2.41. The molecule has 3 aliphatic heterocycles. The number of hydrogen-bond donors (Lipinski definition) is 2. The van der Waals surface area contributed by atoms with Gasteiger partial charge in [-0.3, -0.25) is 0 Å². The highest BCUT2D eigenvalue weighted by molar-refractivity contribution is 7.89. The van der Waals surface area contributed by atoms with Crippen LogP contribution in [0.4, 0.5) is 5.69 Å². The first-order valence-electron chi connectivity index (χ1n) is 7.06. The fourth-order valence-corrected chi connectivity index (χ4v) is 3.80. The zero-order chi connectivity index (χ0) is 14.3. The lowest BCUT2D eigenvalue weighted by atomic mass is 9.84. The van der Waals surface area contributed by atoms with Crippen molar-refractivity contribution in [3.05, 3.63) is 23.8 Å².